The molecule has 3 aromatic rings. The fourth-order valence-electron chi connectivity index (χ4n) is 3.00. The maximum atomic E-state index is 13.9. The van der Waals surface area contributed by atoms with Crippen molar-refractivity contribution in [3.63, 3.8) is 0 Å². The number of nitrogens with zero attached hydrogens (tertiary/aromatic N) is 2. The minimum absolute atomic E-state index is 0.0899. The summed E-state index contributed by atoms with van der Waals surface area (Å²) >= 11 is 0. The number of pyridine rings is 1. The van der Waals surface area contributed by atoms with E-state index in [9.17, 15) is 18.4 Å². The highest BCUT2D eigenvalue weighted by atomic mass is 19.1. The lowest BCUT2D eigenvalue weighted by Crippen LogP contribution is -2.42. The van der Waals surface area contributed by atoms with Crippen LogP contribution in [0.3, 0.4) is 0 Å². The van der Waals surface area contributed by atoms with E-state index in [1.165, 1.54) is 17.6 Å². The highest BCUT2D eigenvalue weighted by molar-refractivity contribution is 5.96. The Bertz CT molecular complexity index is 1110. The third kappa shape index (κ3) is 4.97. The summed E-state index contributed by atoms with van der Waals surface area (Å²) in [6.45, 7) is 3.28. The molecule has 8 nitrogen and oxygen atoms in total. The van der Waals surface area contributed by atoms with Crippen LogP contribution in [0.25, 0.3) is 5.65 Å². The molecule has 0 radical (unpaired) electrons. The van der Waals surface area contributed by atoms with E-state index in [4.69, 9.17) is 9.47 Å². The first-order valence-corrected chi connectivity index (χ1v) is 9.45. The van der Waals surface area contributed by atoms with Crippen molar-refractivity contribution >= 4 is 17.5 Å². The molecule has 0 aliphatic rings. The molecule has 0 fully saturated rings. The molecule has 0 saturated heterocycles. The maximum absolute atomic E-state index is 13.9. The first kappa shape index (κ1) is 22.2. The number of fused-ring (bicyclic) bond motifs is 1. The molecule has 10 heteroatoms. The number of halogens is 2. The van der Waals surface area contributed by atoms with E-state index in [0.29, 0.717) is 11.3 Å². The maximum Gasteiger partial charge on any atom is 0.288 e. The predicted molar refractivity (Wildman–Crippen MR) is 107 cm³/mol. The van der Waals surface area contributed by atoms with Crippen LogP contribution in [-0.2, 0) is 16.1 Å². The number of aromatic nitrogens is 2. The summed E-state index contributed by atoms with van der Waals surface area (Å²) in [5, 5.41) is 0. The zero-order valence-electron chi connectivity index (χ0n) is 17.3. The van der Waals surface area contributed by atoms with Gasteiger partial charge in [-0.05, 0) is 37.6 Å². The van der Waals surface area contributed by atoms with Crippen molar-refractivity contribution in [2.24, 2.45) is 0 Å². The van der Waals surface area contributed by atoms with Crippen LogP contribution in [-0.4, -0.2) is 34.9 Å². The van der Waals surface area contributed by atoms with Crippen molar-refractivity contribution in [3.8, 4) is 5.75 Å². The number of carbonyl (C=O) groups excluding carboxylic acids is 2. The molecule has 164 valence electrons. The second-order valence-corrected chi connectivity index (χ2v) is 6.86. The smallest absolute Gasteiger partial charge is 0.288 e. The lowest BCUT2D eigenvalue weighted by atomic mass is 10.2. The molecule has 0 bridgehead atoms. The van der Waals surface area contributed by atoms with Gasteiger partial charge in [0, 0.05) is 13.3 Å². The second kappa shape index (κ2) is 9.52. The number of hydrogen-bond donors (Lipinski definition) is 2. The molecule has 0 saturated carbocycles. The van der Waals surface area contributed by atoms with Crippen LogP contribution >= 0.6 is 0 Å². The number of nitrogens with one attached hydrogen (secondary N) is 2. The molecular weight excluding hydrogens is 410 g/mol. The molecule has 0 aliphatic carbocycles. The van der Waals surface area contributed by atoms with Gasteiger partial charge in [-0.2, -0.15) is 0 Å². The van der Waals surface area contributed by atoms with Crippen LogP contribution in [0.15, 0.2) is 30.5 Å². The van der Waals surface area contributed by atoms with E-state index >= 15 is 0 Å². The Morgan fingerprint density at radius 3 is 2.55 bits per heavy atom. The third-order valence-corrected chi connectivity index (χ3v) is 4.49. The van der Waals surface area contributed by atoms with E-state index in [2.05, 4.69) is 15.8 Å². The normalized spacial score (nSPS) is 10.9. The van der Waals surface area contributed by atoms with E-state index in [0.717, 1.165) is 17.7 Å². The molecule has 2 N–H and O–H groups in total. The summed E-state index contributed by atoms with van der Waals surface area (Å²) in [4.78, 5) is 28.7. The summed E-state index contributed by atoms with van der Waals surface area (Å²) in [6.07, 6.45) is 1.76. The van der Waals surface area contributed by atoms with Gasteiger partial charge in [0.25, 0.3) is 5.91 Å². The Morgan fingerprint density at radius 1 is 1.16 bits per heavy atom. The Kier molecular flexibility index (Phi) is 6.81. The highest BCUT2D eigenvalue weighted by Crippen LogP contribution is 2.25. The van der Waals surface area contributed by atoms with Crippen LogP contribution in [0.1, 0.15) is 33.7 Å². The fourth-order valence-corrected chi connectivity index (χ4v) is 3.00. The number of imidazole rings is 1. The van der Waals surface area contributed by atoms with Gasteiger partial charge in [0.05, 0.1) is 24.3 Å². The van der Waals surface area contributed by atoms with E-state index < -0.39 is 23.4 Å². The summed E-state index contributed by atoms with van der Waals surface area (Å²) in [6, 6.07) is 5.23. The second-order valence-electron chi connectivity index (χ2n) is 6.86. The summed E-state index contributed by atoms with van der Waals surface area (Å²) < 4.78 is 39.8. The fraction of sp³-hybridized carbons (Fsp3) is 0.286. The Morgan fingerprint density at radius 2 is 1.87 bits per heavy atom. The van der Waals surface area contributed by atoms with Crippen LogP contribution in [0.2, 0.25) is 0 Å². The number of aryl methyl sites for hydroxylation is 2. The highest BCUT2D eigenvalue weighted by Gasteiger charge is 2.20. The van der Waals surface area contributed by atoms with E-state index in [1.54, 1.807) is 26.1 Å². The van der Waals surface area contributed by atoms with Crippen molar-refractivity contribution in [2.45, 2.75) is 26.9 Å². The molecular formula is C21H22F2N4O4. The van der Waals surface area contributed by atoms with Gasteiger partial charge in [0.2, 0.25) is 5.91 Å². The van der Waals surface area contributed by atoms with Gasteiger partial charge in [-0.1, -0.05) is 6.07 Å². The van der Waals surface area contributed by atoms with Crippen LogP contribution in [0.4, 0.5) is 8.78 Å². The number of hydrogen-bond acceptors (Lipinski definition) is 5. The van der Waals surface area contributed by atoms with Gasteiger partial charge in [-0.3, -0.25) is 24.8 Å². The number of rotatable bonds is 7. The molecule has 2 heterocycles. The number of carbonyl (C=O) groups is 2. The molecule has 0 unspecified atom stereocenters. The quantitative estimate of drug-likeness (QED) is 0.560. The Labute approximate surface area is 177 Å². The number of amides is 2. The average molecular weight is 432 g/mol. The summed E-state index contributed by atoms with van der Waals surface area (Å²) in [7, 11) is 1.47. The van der Waals surface area contributed by atoms with Crippen molar-refractivity contribution in [1.82, 2.24) is 20.2 Å². The first-order valence-electron chi connectivity index (χ1n) is 9.45. The standard InChI is InChI=1S/C21H22F2N4O4/c1-12-9-17(31-11-14-15(22)5-4-6-16(14)23)20-24-13(2)19(27(20)10-12)21(29)26-25-18(28)7-8-30-3/h4-6,9-10H,7-8,11H2,1-3H3,(H,25,28)(H,26,29). The zero-order chi connectivity index (χ0) is 22.5. The zero-order valence-corrected chi connectivity index (χ0v) is 17.3. The van der Waals surface area contributed by atoms with E-state index in [1.807, 2.05) is 0 Å². The number of ether oxygens (including phenoxy) is 2. The first-order chi connectivity index (χ1) is 14.8. The summed E-state index contributed by atoms with van der Waals surface area (Å²) in [5.74, 6) is -2.16. The van der Waals surface area contributed by atoms with Gasteiger partial charge >= 0.3 is 0 Å². The monoisotopic (exact) mass is 432 g/mol. The van der Waals surface area contributed by atoms with Crippen molar-refractivity contribution in [1.29, 1.82) is 0 Å². The van der Waals surface area contributed by atoms with Gasteiger partial charge in [0.1, 0.15) is 23.9 Å². The molecule has 31 heavy (non-hydrogen) atoms. The predicted octanol–water partition coefficient (Wildman–Crippen LogP) is 2.61. The van der Waals surface area contributed by atoms with Crippen molar-refractivity contribution < 1.29 is 27.8 Å². The van der Waals surface area contributed by atoms with Crippen molar-refractivity contribution in [3.05, 3.63) is 64.6 Å². The molecule has 1 aromatic carbocycles. The largest absolute Gasteiger partial charge is 0.485 e. The molecule has 0 atom stereocenters. The number of hydrazine groups is 1. The Balaban J connectivity index is 1.85. The van der Waals surface area contributed by atoms with Gasteiger partial charge in [-0.15, -0.1) is 0 Å². The molecule has 2 amide bonds. The third-order valence-electron chi connectivity index (χ3n) is 4.49. The van der Waals surface area contributed by atoms with Crippen LogP contribution < -0.4 is 15.6 Å². The van der Waals surface area contributed by atoms with Crippen LogP contribution in [0, 0.1) is 25.5 Å². The van der Waals surface area contributed by atoms with Gasteiger partial charge < -0.3 is 9.47 Å². The summed E-state index contributed by atoms with van der Waals surface area (Å²) in [5.41, 5.74) is 6.05. The van der Waals surface area contributed by atoms with E-state index in [-0.39, 0.29) is 36.6 Å². The lowest BCUT2D eigenvalue weighted by molar-refractivity contribution is -0.122. The number of benzene rings is 1. The average Bonchev–Trinajstić information content (AvgIpc) is 3.05. The molecule has 0 spiro atoms. The van der Waals surface area contributed by atoms with Crippen LogP contribution in [0.5, 0.6) is 5.75 Å². The van der Waals surface area contributed by atoms with Crippen molar-refractivity contribution in [2.75, 3.05) is 13.7 Å². The molecule has 0 aliphatic heterocycles. The topological polar surface area (TPSA) is 94.0 Å². The number of methoxy groups -OCH3 is 1. The lowest BCUT2D eigenvalue weighted by Gasteiger charge is -2.11. The molecule has 3 rings (SSSR count). The van der Waals surface area contributed by atoms with Gasteiger partial charge in [0.15, 0.2) is 11.4 Å². The SMILES string of the molecule is COCCC(=O)NNC(=O)c1c(C)nc2c(OCc3c(F)cccc3F)cc(C)cn12. The minimum atomic E-state index is -0.715. The molecule has 2 aromatic heterocycles. The minimum Gasteiger partial charge on any atom is -0.485 e. The Hall–Kier alpha value is -3.53. The van der Waals surface area contributed by atoms with Gasteiger partial charge in [-0.25, -0.2) is 13.8 Å².